The minimum atomic E-state index is -1.80. The van der Waals surface area contributed by atoms with Crippen molar-refractivity contribution in [3.8, 4) is 0 Å². The Bertz CT molecular complexity index is 522. The molecule has 1 aliphatic rings. The fourth-order valence-corrected chi connectivity index (χ4v) is 4.06. The fourth-order valence-electron chi connectivity index (χ4n) is 2.61. The molecule has 0 bridgehead atoms. The quantitative estimate of drug-likeness (QED) is 0.661. The van der Waals surface area contributed by atoms with Crippen LogP contribution in [0.1, 0.15) is 38.1 Å². The van der Waals surface area contributed by atoms with Crippen molar-refractivity contribution in [2.45, 2.75) is 58.0 Å². The van der Waals surface area contributed by atoms with Gasteiger partial charge in [-0.25, -0.2) is 0 Å². The Balaban J connectivity index is 2.03. The van der Waals surface area contributed by atoms with Crippen LogP contribution in [0, 0.1) is 5.92 Å². The highest BCUT2D eigenvalue weighted by Crippen LogP contribution is 2.39. The highest BCUT2D eigenvalue weighted by Gasteiger charge is 2.45. The Labute approximate surface area is 135 Å². The Morgan fingerprint density at radius 1 is 1.27 bits per heavy atom. The van der Waals surface area contributed by atoms with E-state index in [1.54, 1.807) is 0 Å². The molecule has 0 saturated carbocycles. The first-order chi connectivity index (χ1) is 10.1. The molecule has 1 aromatic rings. The number of carbonyl (C=O) groups is 1. The monoisotopic (exact) mass is 319 g/mol. The lowest BCUT2D eigenvalue weighted by atomic mass is 9.82. The largest absolute Gasteiger partial charge is 0.414 e. The first-order valence-electron chi connectivity index (χ1n) is 8.14. The molecule has 0 amide bonds. The Morgan fingerprint density at radius 3 is 2.32 bits per heavy atom. The van der Waals surface area contributed by atoms with Gasteiger partial charge in [0.05, 0.1) is 6.04 Å². The molecule has 1 fully saturated rings. The second-order valence-corrected chi connectivity index (χ2v) is 12.6. The van der Waals surface area contributed by atoms with Crippen molar-refractivity contribution in [2.24, 2.45) is 5.92 Å². The smallest absolute Gasteiger partial charge is 0.192 e. The number of Topliss-reactive ketones (excluding diaryl/α,β-unsaturated/α-hetero) is 1. The SMILES string of the molecule is C[C@@H](O[Si](C)(C)C(C)(C)C)[C@H]1CN[C@@H]1C(=O)c1ccccc1. The van der Waals surface area contributed by atoms with Crippen LogP contribution in [0.15, 0.2) is 30.3 Å². The van der Waals surface area contributed by atoms with Gasteiger partial charge in [0.1, 0.15) is 0 Å². The van der Waals surface area contributed by atoms with Crippen molar-refractivity contribution in [1.82, 2.24) is 5.32 Å². The lowest BCUT2D eigenvalue weighted by Gasteiger charge is -2.45. The van der Waals surface area contributed by atoms with E-state index in [1.165, 1.54) is 0 Å². The summed E-state index contributed by atoms with van der Waals surface area (Å²) < 4.78 is 6.47. The van der Waals surface area contributed by atoms with Crippen molar-refractivity contribution >= 4 is 14.1 Å². The number of nitrogens with one attached hydrogen (secondary N) is 1. The van der Waals surface area contributed by atoms with E-state index in [4.69, 9.17) is 4.43 Å². The second-order valence-electron chi connectivity index (χ2n) is 7.86. The molecule has 4 heteroatoms. The Kier molecular flexibility index (Phi) is 4.95. The summed E-state index contributed by atoms with van der Waals surface area (Å²) in [6.07, 6.45) is 0.111. The zero-order chi connectivity index (χ0) is 16.5. The third-order valence-corrected chi connectivity index (χ3v) is 9.81. The average molecular weight is 320 g/mol. The molecule has 3 nitrogen and oxygen atoms in total. The molecule has 0 spiro atoms. The van der Waals surface area contributed by atoms with Gasteiger partial charge >= 0.3 is 0 Å². The van der Waals surface area contributed by atoms with Gasteiger partial charge < -0.3 is 9.74 Å². The van der Waals surface area contributed by atoms with Crippen molar-refractivity contribution in [1.29, 1.82) is 0 Å². The first-order valence-corrected chi connectivity index (χ1v) is 11.0. The highest BCUT2D eigenvalue weighted by atomic mass is 28.4. The van der Waals surface area contributed by atoms with Crippen molar-refractivity contribution in [3.63, 3.8) is 0 Å². The van der Waals surface area contributed by atoms with Gasteiger partial charge in [-0.3, -0.25) is 4.79 Å². The molecule has 22 heavy (non-hydrogen) atoms. The summed E-state index contributed by atoms with van der Waals surface area (Å²) in [6, 6.07) is 9.43. The van der Waals surface area contributed by atoms with Crippen molar-refractivity contribution in [2.75, 3.05) is 6.54 Å². The lowest BCUT2D eigenvalue weighted by molar-refractivity contribution is 0.0501. The number of hydrogen-bond acceptors (Lipinski definition) is 3. The van der Waals surface area contributed by atoms with Gasteiger partial charge in [-0.15, -0.1) is 0 Å². The fraction of sp³-hybridized carbons (Fsp3) is 0.611. The molecule has 1 aliphatic heterocycles. The Morgan fingerprint density at radius 2 is 1.86 bits per heavy atom. The maximum atomic E-state index is 12.6. The number of rotatable bonds is 5. The van der Waals surface area contributed by atoms with E-state index in [1.807, 2.05) is 30.3 Å². The van der Waals surface area contributed by atoms with Crippen LogP contribution in [-0.2, 0) is 4.43 Å². The zero-order valence-electron chi connectivity index (χ0n) is 14.6. The minimum absolute atomic E-state index is 0.109. The van der Waals surface area contributed by atoms with E-state index in [9.17, 15) is 4.79 Å². The molecule has 1 N–H and O–H groups in total. The molecule has 1 aromatic carbocycles. The van der Waals surface area contributed by atoms with Gasteiger partial charge in [0.15, 0.2) is 14.1 Å². The summed E-state index contributed by atoms with van der Waals surface area (Å²) in [7, 11) is -1.80. The molecule has 1 heterocycles. The van der Waals surface area contributed by atoms with E-state index >= 15 is 0 Å². The van der Waals surface area contributed by atoms with Gasteiger partial charge in [0.25, 0.3) is 0 Å². The standard InChI is InChI=1S/C18H29NO2Si/c1-13(21-22(5,6)18(2,3)4)15-12-19-16(15)17(20)14-10-8-7-9-11-14/h7-11,13,15-16,19H,12H2,1-6H3/t13-,15-,16+/m1/s1. The van der Waals surface area contributed by atoms with E-state index in [0.29, 0.717) is 0 Å². The van der Waals surface area contributed by atoms with Gasteiger partial charge in [0, 0.05) is 24.1 Å². The summed E-state index contributed by atoms with van der Waals surface area (Å²) >= 11 is 0. The van der Waals surface area contributed by atoms with E-state index in [2.05, 4.69) is 46.1 Å². The minimum Gasteiger partial charge on any atom is -0.414 e. The number of hydrogen-bond donors (Lipinski definition) is 1. The maximum absolute atomic E-state index is 12.6. The predicted molar refractivity (Wildman–Crippen MR) is 93.8 cm³/mol. The molecule has 122 valence electrons. The van der Waals surface area contributed by atoms with Crippen LogP contribution in [0.3, 0.4) is 0 Å². The maximum Gasteiger partial charge on any atom is 0.192 e. The van der Waals surface area contributed by atoms with Gasteiger partial charge in [-0.2, -0.15) is 0 Å². The molecule has 0 aliphatic carbocycles. The number of benzene rings is 1. The molecular formula is C18H29NO2Si. The van der Waals surface area contributed by atoms with Crippen LogP contribution in [0.2, 0.25) is 18.1 Å². The van der Waals surface area contributed by atoms with Gasteiger partial charge in [-0.1, -0.05) is 51.1 Å². The summed E-state index contributed by atoms with van der Waals surface area (Å²) in [6.45, 7) is 14.3. The van der Waals surface area contributed by atoms with Crippen LogP contribution in [0.25, 0.3) is 0 Å². The summed E-state index contributed by atoms with van der Waals surface area (Å²) in [5.74, 6) is 0.448. The second kappa shape index (κ2) is 6.26. The molecule has 1 saturated heterocycles. The summed E-state index contributed by atoms with van der Waals surface area (Å²) in [4.78, 5) is 12.6. The van der Waals surface area contributed by atoms with E-state index < -0.39 is 8.32 Å². The normalized spacial score (nSPS) is 23.7. The highest BCUT2D eigenvalue weighted by molar-refractivity contribution is 6.74. The third kappa shape index (κ3) is 3.50. The zero-order valence-corrected chi connectivity index (χ0v) is 15.6. The lowest BCUT2D eigenvalue weighted by Crippen LogP contribution is -2.62. The van der Waals surface area contributed by atoms with E-state index in [0.717, 1.165) is 12.1 Å². The average Bonchev–Trinajstić information content (AvgIpc) is 2.36. The van der Waals surface area contributed by atoms with Crippen LogP contribution in [0.5, 0.6) is 0 Å². The number of ketones is 1. The molecule has 0 unspecified atom stereocenters. The van der Waals surface area contributed by atoms with Gasteiger partial charge in [0.2, 0.25) is 0 Å². The van der Waals surface area contributed by atoms with Gasteiger partial charge in [-0.05, 0) is 25.1 Å². The number of carbonyl (C=O) groups excluding carboxylic acids is 1. The molecule has 0 aromatic heterocycles. The Hall–Kier alpha value is -0.973. The molecular weight excluding hydrogens is 290 g/mol. The van der Waals surface area contributed by atoms with Crippen LogP contribution in [0.4, 0.5) is 0 Å². The van der Waals surface area contributed by atoms with Crippen molar-refractivity contribution < 1.29 is 9.22 Å². The van der Waals surface area contributed by atoms with Crippen LogP contribution >= 0.6 is 0 Å². The topological polar surface area (TPSA) is 38.3 Å². The van der Waals surface area contributed by atoms with Crippen LogP contribution in [-0.4, -0.2) is 32.8 Å². The molecule has 2 rings (SSSR count). The van der Waals surface area contributed by atoms with Crippen molar-refractivity contribution in [3.05, 3.63) is 35.9 Å². The van der Waals surface area contributed by atoms with E-state index in [-0.39, 0.29) is 28.9 Å². The first kappa shape index (κ1) is 17.4. The predicted octanol–water partition coefficient (Wildman–Crippen LogP) is 3.87. The summed E-state index contributed by atoms with van der Waals surface area (Å²) in [5.41, 5.74) is 0.782. The molecule has 0 radical (unpaired) electrons. The molecule has 3 atom stereocenters. The van der Waals surface area contributed by atoms with Crippen LogP contribution < -0.4 is 5.32 Å². The third-order valence-electron chi connectivity index (χ3n) is 5.23. The summed E-state index contributed by atoms with van der Waals surface area (Å²) in [5, 5.41) is 3.48.